The number of para-hydroxylation sites is 1. The van der Waals surface area contributed by atoms with Crippen molar-refractivity contribution in [3.05, 3.63) is 24.3 Å². The quantitative estimate of drug-likeness (QED) is 0.847. The van der Waals surface area contributed by atoms with Gasteiger partial charge in [0.25, 0.3) is 0 Å². The Balaban J connectivity index is 1.51. The van der Waals surface area contributed by atoms with Gasteiger partial charge in [-0.25, -0.2) is 4.98 Å². The number of nitrogens with zero attached hydrogens (tertiary/aromatic N) is 4. The van der Waals surface area contributed by atoms with E-state index in [0.29, 0.717) is 6.54 Å². The number of carbonyl (C=O) groups is 1. The molecule has 1 atom stereocenters. The molecule has 0 bridgehead atoms. The van der Waals surface area contributed by atoms with Gasteiger partial charge in [-0.1, -0.05) is 23.5 Å². The number of piperidine rings is 1. The number of aromatic nitrogens is 1. The molecule has 0 N–H and O–H groups in total. The van der Waals surface area contributed by atoms with Crippen molar-refractivity contribution in [3.8, 4) is 6.07 Å². The van der Waals surface area contributed by atoms with Crippen LogP contribution in [0.15, 0.2) is 24.3 Å². The van der Waals surface area contributed by atoms with Crippen molar-refractivity contribution in [2.45, 2.75) is 37.6 Å². The molecule has 2 heterocycles. The second-order valence-electron chi connectivity index (χ2n) is 7.14. The Morgan fingerprint density at radius 1 is 1.40 bits per heavy atom. The molecule has 2 aliphatic rings. The molecule has 4 rings (SSSR count). The predicted octanol–water partition coefficient (Wildman–Crippen LogP) is 3.42. The number of anilines is 1. The standard InChI is InChI=1S/C19H22N4OS/c1-22(19(13-20)9-5-10-19)17(24)14-6-4-11-23(12-14)18-21-15-7-2-3-8-16(15)25-18/h2-3,7-8,14H,4-6,9-12H2,1H3. The largest absolute Gasteiger partial charge is 0.347 e. The maximum Gasteiger partial charge on any atom is 0.228 e. The lowest BCUT2D eigenvalue weighted by Crippen LogP contribution is -2.56. The van der Waals surface area contributed by atoms with Crippen LogP contribution in [-0.4, -0.2) is 41.5 Å². The molecule has 25 heavy (non-hydrogen) atoms. The number of thiazole rings is 1. The number of rotatable bonds is 3. The minimum Gasteiger partial charge on any atom is -0.347 e. The third kappa shape index (κ3) is 2.77. The lowest BCUT2D eigenvalue weighted by molar-refractivity contribution is -0.141. The van der Waals surface area contributed by atoms with Gasteiger partial charge in [-0.05, 0) is 44.2 Å². The number of hydrogen-bond acceptors (Lipinski definition) is 5. The van der Waals surface area contributed by atoms with Crippen LogP contribution in [0.3, 0.4) is 0 Å². The maximum absolute atomic E-state index is 13.0. The Kier molecular flexibility index (Phi) is 4.12. The van der Waals surface area contributed by atoms with E-state index in [1.165, 1.54) is 4.70 Å². The summed E-state index contributed by atoms with van der Waals surface area (Å²) < 4.78 is 1.18. The normalized spacial score (nSPS) is 22.2. The third-order valence-corrected chi connectivity index (χ3v) is 6.78. The van der Waals surface area contributed by atoms with Crippen LogP contribution in [0.5, 0.6) is 0 Å². The highest BCUT2D eigenvalue weighted by molar-refractivity contribution is 7.22. The van der Waals surface area contributed by atoms with Gasteiger partial charge in [0.1, 0.15) is 5.54 Å². The first-order valence-electron chi connectivity index (χ1n) is 8.92. The smallest absolute Gasteiger partial charge is 0.228 e. The van der Waals surface area contributed by atoms with Crippen LogP contribution in [0.25, 0.3) is 10.2 Å². The molecule has 0 radical (unpaired) electrons. The molecule has 1 aliphatic heterocycles. The first kappa shape index (κ1) is 16.3. The summed E-state index contributed by atoms with van der Waals surface area (Å²) in [7, 11) is 1.81. The van der Waals surface area contributed by atoms with Gasteiger partial charge in [0.05, 0.1) is 22.2 Å². The highest BCUT2D eigenvalue weighted by Crippen LogP contribution is 2.38. The fourth-order valence-electron chi connectivity index (χ4n) is 3.87. The van der Waals surface area contributed by atoms with E-state index in [9.17, 15) is 10.1 Å². The second kappa shape index (κ2) is 6.30. The maximum atomic E-state index is 13.0. The van der Waals surface area contributed by atoms with Gasteiger partial charge in [0.15, 0.2) is 5.13 Å². The van der Waals surface area contributed by atoms with E-state index in [1.807, 2.05) is 18.2 Å². The summed E-state index contributed by atoms with van der Waals surface area (Å²) in [5.74, 6) is 0.0728. The number of hydrogen-bond donors (Lipinski definition) is 0. The molecule has 0 spiro atoms. The topological polar surface area (TPSA) is 60.2 Å². The second-order valence-corrected chi connectivity index (χ2v) is 8.15. The zero-order valence-electron chi connectivity index (χ0n) is 14.4. The SMILES string of the molecule is CN(C(=O)C1CCCN(c2nc3ccccc3s2)C1)C1(C#N)CCC1. The van der Waals surface area contributed by atoms with E-state index >= 15 is 0 Å². The van der Waals surface area contributed by atoms with Crippen molar-refractivity contribution in [3.63, 3.8) is 0 Å². The molecule has 5 nitrogen and oxygen atoms in total. The molecule has 1 aromatic heterocycles. The number of amides is 1. The molecule has 1 saturated heterocycles. The highest BCUT2D eigenvalue weighted by Gasteiger charge is 2.45. The lowest BCUT2D eigenvalue weighted by atomic mass is 9.76. The predicted molar refractivity (Wildman–Crippen MR) is 99.5 cm³/mol. The van der Waals surface area contributed by atoms with Crippen LogP contribution in [0.2, 0.25) is 0 Å². The van der Waals surface area contributed by atoms with Crippen molar-refractivity contribution < 1.29 is 4.79 Å². The molecular formula is C19H22N4OS. The van der Waals surface area contributed by atoms with Crippen molar-refractivity contribution >= 4 is 32.6 Å². The Morgan fingerprint density at radius 2 is 2.20 bits per heavy atom. The Labute approximate surface area is 151 Å². The van der Waals surface area contributed by atoms with E-state index in [4.69, 9.17) is 4.98 Å². The number of carbonyl (C=O) groups excluding carboxylic acids is 1. The van der Waals surface area contributed by atoms with Gasteiger partial charge in [0, 0.05) is 20.1 Å². The molecule has 1 unspecified atom stereocenters. The molecular weight excluding hydrogens is 332 g/mol. The van der Waals surface area contributed by atoms with Crippen LogP contribution in [0, 0.1) is 17.2 Å². The van der Waals surface area contributed by atoms with E-state index in [2.05, 4.69) is 17.0 Å². The van der Waals surface area contributed by atoms with E-state index in [-0.39, 0.29) is 11.8 Å². The molecule has 6 heteroatoms. The Hall–Kier alpha value is -2.13. The number of benzene rings is 1. The van der Waals surface area contributed by atoms with Gasteiger partial charge in [0.2, 0.25) is 5.91 Å². The summed E-state index contributed by atoms with van der Waals surface area (Å²) in [4.78, 5) is 21.7. The average Bonchev–Trinajstić information content (AvgIpc) is 3.05. The average molecular weight is 354 g/mol. The number of fused-ring (bicyclic) bond motifs is 1. The van der Waals surface area contributed by atoms with E-state index in [1.54, 1.807) is 23.3 Å². The summed E-state index contributed by atoms with van der Waals surface area (Å²) in [6.07, 6.45) is 4.53. The van der Waals surface area contributed by atoms with E-state index in [0.717, 1.165) is 49.3 Å². The zero-order valence-corrected chi connectivity index (χ0v) is 15.3. The molecule has 130 valence electrons. The molecule has 2 fully saturated rings. The summed E-state index contributed by atoms with van der Waals surface area (Å²) in [5, 5.41) is 10.5. The van der Waals surface area contributed by atoms with Gasteiger partial charge in [-0.2, -0.15) is 5.26 Å². The van der Waals surface area contributed by atoms with Crippen LogP contribution in [0.1, 0.15) is 32.1 Å². The summed E-state index contributed by atoms with van der Waals surface area (Å²) >= 11 is 1.69. The zero-order chi connectivity index (χ0) is 17.4. The van der Waals surface area contributed by atoms with Crippen molar-refractivity contribution in [2.24, 2.45) is 5.92 Å². The molecule has 1 amide bonds. The highest BCUT2D eigenvalue weighted by atomic mass is 32.1. The van der Waals surface area contributed by atoms with Crippen molar-refractivity contribution in [1.82, 2.24) is 9.88 Å². The third-order valence-electron chi connectivity index (χ3n) is 5.69. The molecule has 2 aromatic rings. The van der Waals surface area contributed by atoms with Gasteiger partial charge < -0.3 is 9.80 Å². The Morgan fingerprint density at radius 3 is 2.88 bits per heavy atom. The first-order chi connectivity index (χ1) is 12.1. The van der Waals surface area contributed by atoms with Crippen molar-refractivity contribution in [1.29, 1.82) is 5.26 Å². The van der Waals surface area contributed by atoms with Crippen LogP contribution < -0.4 is 4.90 Å². The number of nitriles is 1. The summed E-state index contributed by atoms with van der Waals surface area (Å²) in [6.45, 7) is 1.64. The fourth-order valence-corrected chi connectivity index (χ4v) is 4.87. The van der Waals surface area contributed by atoms with Gasteiger partial charge in [-0.15, -0.1) is 0 Å². The van der Waals surface area contributed by atoms with Gasteiger partial charge >= 0.3 is 0 Å². The monoisotopic (exact) mass is 354 g/mol. The first-order valence-corrected chi connectivity index (χ1v) is 9.74. The lowest BCUT2D eigenvalue weighted by Gasteiger charge is -2.45. The minimum absolute atomic E-state index is 0.0448. The Bertz CT molecular complexity index is 802. The summed E-state index contributed by atoms with van der Waals surface area (Å²) in [5.41, 5.74) is 0.459. The molecule has 1 saturated carbocycles. The van der Waals surface area contributed by atoms with E-state index < -0.39 is 5.54 Å². The minimum atomic E-state index is -0.560. The van der Waals surface area contributed by atoms with Crippen LogP contribution >= 0.6 is 11.3 Å². The van der Waals surface area contributed by atoms with Crippen LogP contribution in [0.4, 0.5) is 5.13 Å². The fraction of sp³-hybridized carbons (Fsp3) is 0.526. The summed E-state index contributed by atoms with van der Waals surface area (Å²) in [6, 6.07) is 10.5. The van der Waals surface area contributed by atoms with Gasteiger partial charge in [-0.3, -0.25) is 4.79 Å². The molecule has 1 aliphatic carbocycles. The molecule has 1 aromatic carbocycles. The van der Waals surface area contributed by atoms with Crippen LogP contribution in [-0.2, 0) is 4.79 Å². The van der Waals surface area contributed by atoms with Crippen molar-refractivity contribution in [2.75, 3.05) is 25.0 Å².